The zero-order valence-corrected chi connectivity index (χ0v) is 19.3. The Morgan fingerprint density at radius 3 is 2.67 bits per heavy atom. The number of nitriles is 1. The van der Waals surface area contributed by atoms with Crippen LogP contribution in [-0.2, 0) is 16.4 Å². The molecule has 2 aromatic heterocycles. The molecule has 0 fully saturated rings. The van der Waals surface area contributed by atoms with Crippen molar-refractivity contribution < 1.29 is 8.42 Å². The Balaban J connectivity index is 1.71. The third kappa shape index (κ3) is 4.55. The zero-order valence-electron chi connectivity index (χ0n) is 17.7. The van der Waals surface area contributed by atoms with E-state index in [4.69, 9.17) is 17.3 Å². The summed E-state index contributed by atoms with van der Waals surface area (Å²) in [5.41, 5.74) is 9.36. The monoisotopic (exact) mass is 479 g/mol. The van der Waals surface area contributed by atoms with Gasteiger partial charge in [0.25, 0.3) is 0 Å². The molecule has 0 unspecified atom stereocenters. The number of halogens is 1. The predicted molar refractivity (Wildman–Crippen MR) is 124 cm³/mol. The highest BCUT2D eigenvalue weighted by Gasteiger charge is 2.18. The van der Waals surface area contributed by atoms with Gasteiger partial charge in [-0.25, -0.2) is 23.1 Å². The van der Waals surface area contributed by atoms with Gasteiger partial charge in [0.2, 0.25) is 0 Å². The van der Waals surface area contributed by atoms with Crippen LogP contribution in [0.1, 0.15) is 16.7 Å². The topological polar surface area (TPSA) is 140 Å². The number of benzene rings is 2. The third-order valence-corrected chi connectivity index (χ3v) is 6.51. The standard InChI is InChI=1S/C22H18ClN7O2S/c1-13-15(10-24)6-4-8-17(13)22-26-20(19(23)21(25)27-22)18-12-30(29-28-18)11-14-5-3-7-16(9-14)33(2,31)32/h3-9,12H,11H2,1-2H3,(H2,25,26,27). The molecule has 4 aromatic rings. The van der Waals surface area contributed by atoms with Gasteiger partial charge in [0, 0.05) is 11.8 Å². The minimum absolute atomic E-state index is 0.0776. The normalized spacial score (nSPS) is 11.3. The maximum Gasteiger partial charge on any atom is 0.175 e. The van der Waals surface area contributed by atoms with E-state index in [1.165, 1.54) is 0 Å². The first-order valence-corrected chi connectivity index (χ1v) is 12.0. The van der Waals surface area contributed by atoms with Crippen LogP contribution in [-0.4, -0.2) is 39.6 Å². The number of anilines is 1. The Bertz CT molecular complexity index is 1520. The van der Waals surface area contributed by atoms with Crippen molar-refractivity contribution in [1.82, 2.24) is 25.0 Å². The third-order valence-electron chi connectivity index (χ3n) is 5.02. The number of nitrogens with two attached hydrogens (primary N) is 1. The molecule has 0 aliphatic carbocycles. The maximum absolute atomic E-state index is 11.8. The minimum atomic E-state index is -3.32. The van der Waals surface area contributed by atoms with Crippen molar-refractivity contribution >= 4 is 27.3 Å². The Hall–Kier alpha value is -3.81. The molecule has 0 amide bonds. The molecular formula is C22H18ClN7O2S. The SMILES string of the molecule is Cc1c(C#N)cccc1-c1nc(N)c(Cl)c(-c2cn(Cc3cccc(S(C)(=O)=O)c3)nn2)n1. The van der Waals surface area contributed by atoms with Crippen molar-refractivity contribution in [3.05, 3.63) is 70.4 Å². The summed E-state index contributed by atoms with van der Waals surface area (Å²) in [6.07, 6.45) is 2.80. The fourth-order valence-electron chi connectivity index (χ4n) is 3.30. The minimum Gasteiger partial charge on any atom is -0.382 e. The van der Waals surface area contributed by atoms with Gasteiger partial charge in [0.15, 0.2) is 15.7 Å². The van der Waals surface area contributed by atoms with Crippen LogP contribution in [0, 0.1) is 18.3 Å². The molecular weight excluding hydrogens is 462 g/mol. The van der Waals surface area contributed by atoms with Crippen LogP contribution in [0.3, 0.4) is 0 Å². The van der Waals surface area contributed by atoms with E-state index in [-0.39, 0.29) is 15.7 Å². The summed E-state index contributed by atoms with van der Waals surface area (Å²) in [6.45, 7) is 2.10. The first-order chi connectivity index (χ1) is 15.7. The molecule has 166 valence electrons. The molecule has 0 spiro atoms. The molecule has 2 heterocycles. The molecule has 0 bridgehead atoms. The highest BCUT2D eigenvalue weighted by atomic mass is 35.5. The lowest BCUT2D eigenvalue weighted by Gasteiger charge is -2.10. The van der Waals surface area contributed by atoms with E-state index >= 15 is 0 Å². The average molecular weight is 480 g/mol. The number of hydrogen-bond acceptors (Lipinski definition) is 8. The summed E-state index contributed by atoms with van der Waals surface area (Å²) < 4.78 is 25.2. The van der Waals surface area contributed by atoms with Crippen LogP contribution in [0.5, 0.6) is 0 Å². The highest BCUT2D eigenvalue weighted by Crippen LogP contribution is 2.32. The van der Waals surface area contributed by atoms with Gasteiger partial charge in [-0.2, -0.15) is 5.26 Å². The van der Waals surface area contributed by atoms with Gasteiger partial charge in [-0.3, -0.25) is 0 Å². The summed E-state index contributed by atoms with van der Waals surface area (Å²) in [6, 6.07) is 14.0. The number of hydrogen-bond donors (Lipinski definition) is 1. The summed E-state index contributed by atoms with van der Waals surface area (Å²) in [4.78, 5) is 9.06. The second-order valence-electron chi connectivity index (χ2n) is 7.41. The molecule has 11 heteroatoms. The fraction of sp³-hybridized carbons (Fsp3) is 0.136. The summed E-state index contributed by atoms with van der Waals surface area (Å²) in [5, 5.41) is 17.7. The van der Waals surface area contributed by atoms with Gasteiger partial charge in [-0.05, 0) is 36.2 Å². The molecule has 0 aliphatic heterocycles. The highest BCUT2D eigenvalue weighted by molar-refractivity contribution is 7.90. The summed E-state index contributed by atoms with van der Waals surface area (Å²) in [7, 11) is -3.32. The number of nitrogen functional groups attached to an aromatic ring is 1. The molecule has 9 nitrogen and oxygen atoms in total. The molecule has 33 heavy (non-hydrogen) atoms. The fourth-order valence-corrected chi connectivity index (χ4v) is 4.17. The molecule has 4 rings (SSSR count). The number of rotatable bonds is 5. The van der Waals surface area contributed by atoms with Crippen LogP contribution in [0.2, 0.25) is 5.02 Å². The van der Waals surface area contributed by atoms with Gasteiger partial charge >= 0.3 is 0 Å². The van der Waals surface area contributed by atoms with E-state index in [2.05, 4.69) is 26.3 Å². The predicted octanol–water partition coefficient (Wildman–Crippen LogP) is 3.27. The number of aromatic nitrogens is 5. The number of nitrogens with zero attached hydrogens (tertiary/aromatic N) is 6. The van der Waals surface area contributed by atoms with Crippen molar-refractivity contribution in [3.63, 3.8) is 0 Å². The van der Waals surface area contributed by atoms with E-state index in [9.17, 15) is 13.7 Å². The zero-order chi connectivity index (χ0) is 23.8. The van der Waals surface area contributed by atoms with Gasteiger partial charge in [-0.15, -0.1) is 5.10 Å². The molecule has 0 radical (unpaired) electrons. The largest absolute Gasteiger partial charge is 0.382 e. The van der Waals surface area contributed by atoms with E-state index in [1.807, 2.05) is 6.92 Å². The first-order valence-electron chi connectivity index (χ1n) is 9.70. The van der Waals surface area contributed by atoms with Gasteiger partial charge in [0.1, 0.15) is 22.2 Å². The van der Waals surface area contributed by atoms with Crippen molar-refractivity contribution in [2.75, 3.05) is 12.0 Å². The second-order valence-corrected chi connectivity index (χ2v) is 9.80. The lowest BCUT2D eigenvalue weighted by Crippen LogP contribution is -2.03. The molecule has 0 aliphatic rings. The number of sulfone groups is 1. The average Bonchev–Trinajstić information content (AvgIpc) is 3.23. The summed E-state index contributed by atoms with van der Waals surface area (Å²) >= 11 is 6.38. The lowest BCUT2D eigenvalue weighted by molar-refractivity contribution is 0.601. The van der Waals surface area contributed by atoms with Crippen LogP contribution in [0.4, 0.5) is 5.82 Å². The molecule has 2 aromatic carbocycles. The lowest BCUT2D eigenvalue weighted by atomic mass is 10.0. The Morgan fingerprint density at radius 2 is 1.94 bits per heavy atom. The van der Waals surface area contributed by atoms with Gasteiger partial charge in [-0.1, -0.05) is 41.1 Å². The Morgan fingerprint density at radius 1 is 1.18 bits per heavy atom. The van der Waals surface area contributed by atoms with Gasteiger partial charge < -0.3 is 5.73 Å². The van der Waals surface area contributed by atoms with Crippen molar-refractivity contribution in [1.29, 1.82) is 5.26 Å². The Kier molecular flexibility index (Phi) is 5.84. The molecule has 0 atom stereocenters. The van der Waals surface area contributed by atoms with Gasteiger partial charge in [0.05, 0.1) is 29.3 Å². The molecule has 0 saturated carbocycles. The van der Waals surface area contributed by atoms with Crippen LogP contribution in [0.15, 0.2) is 53.6 Å². The van der Waals surface area contributed by atoms with Crippen molar-refractivity contribution in [2.24, 2.45) is 0 Å². The van der Waals surface area contributed by atoms with E-state index in [0.29, 0.717) is 34.9 Å². The van der Waals surface area contributed by atoms with E-state index < -0.39 is 9.84 Å². The first kappa shape index (κ1) is 22.4. The maximum atomic E-state index is 11.8. The summed E-state index contributed by atoms with van der Waals surface area (Å²) in [5.74, 6) is 0.394. The van der Waals surface area contributed by atoms with Crippen LogP contribution >= 0.6 is 11.6 Å². The second kappa shape index (κ2) is 8.61. The van der Waals surface area contributed by atoms with Crippen molar-refractivity contribution in [2.45, 2.75) is 18.4 Å². The van der Waals surface area contributed by atoms with Crippen molar-refractivity contribution in [3.8, 4) is 28.8 Å². The van der Waals surface area contributed by atoms with E-state index in [1.54, 1.807) is 53.3 Å². The molecule has 0 saturated heterocycles. The van der Waals surface area contributed by atoms with Crippen LogP contribution in [0.25, 0.3) is 22.8 Å². The van der Waals surface area contributed by atoms with E-state index in [0.717, 1.165) is 17.4 Å². The van der Waals surface area contributed by atoms with Crippen LogP contribution < -0.4 is 5.73 Å². The Labute approximate surface area is 195 Å². The quantitative estimate of drug-likeness (QED) is 0.459. The molecule has 2 N–H and O–H groups in total. The smallest absolute Gasteiger partial charge is 0.175 e.